The molecular weight excluding hydrogens is 293 g/mol. The Bertz CT molecular complexity index is 554. The summed E-state index contributed by atoms with van der Waals surface area (Å²) in [5.74, 6) is 0.233. The molecule has 0 saturated carbocycles. The highest BCUT2D eigenvalue weighted by Gasteiger charge is 2.13. The van der Waals surface area contributed by atoms with Crippen molar-refractivity contribution in [1.82, 2.24) is 5.32 Å². The first kappa shape index (κ1) is 14.9. The summed E-state index contributed by atoms with van der Waals surface area (Å²) in [6.45, 7) is 0. The fraction of sp³-hybridized carbons (Fsp3) is 0.188. The van der Waals surface area contributed by atoms with E-state index >= 15 is 0 Å². The molecule has 20 heavy (non-hydrogen) atoms. The lowest BCUT2D eigenvalue weighted by molar-refractivity contribution is 0.0940. The molecule has 104 valence electrons. The third-order valence-corrected chi connectivity index (χ3v) is 3.58. The molecule has 2 rings (SSSR count). The number of nitrogens with one attached hydrogen (secondary N) is 1. The standard InChI is InChI=1S/C16H15Cl2NO/c17-11-15(10-12-4-2-1-3-5-12)19-16(20)13-6-8-14(18)9-7-13/h1-9,15H,10-11H2,(H,19,20). The third-order valence-electron chi connectivity index (χ3n) is 2.95. The van der Waals surface area contributed by atoms with Gasteiger partial charge in [-0.3, -0.25) is 4.79 Å². The first-order chi connectivity index (χ1) is 9.69. The van der Waals surface area contributed by atoms with Crippen LogP contribution in [-0.2, 0) is 6.42 Å². The topological polar surface area (TPSA) is 29.1 Å². The van der Waals surface area contributed by atoms with E-state index in [1.54, 1.807) is 24.3 Å². The number of carbonyl (C=O) groups excluding carboxylic acids is 1. The fourth-order valence-electron chi connectivity index (χ4n) is 1.91. The second-order valence-electron chi connectivity index (χ2n) is 4.52. The summed E-state index contributed by atoms with van der Waals surface area (Å²) < 4.78 is 0. The van der Waals surface area contributed by atoms with Crippen molar-refractivity contribution in [2.24, 2.45) is 0 Å². The molecule has 4 heteroatoms. The van der Waals surface area contributed by atoms with Gasteiger partial charge in [0, 0.05) is 22.5 Å². The maximum atomic E-state index is 12.1. The molecule has 0 saturated heterocycles. The van der Waals surface area contributed by atoms with E-state index in [-0.39, 0.29) is 11.9 Å². The largest absolute Gasteiger partial charge is 0.348 e. The Hall–Kier alpha value is -1.51. The SMILES string of the molecule is O=C(NC(CCl)Cc1ccccc1)c1ccc(Cl)cc1. The van der Waals surface area contributed by atoms with Gasteiger partial charge in [-0.2, -0.15) is 0 Å². The Labute approximate surface area is 128 Å². The maximum absolute atomic E-state index is 12.1. The average Bonchev–Trinajstić information content (AvgIpc) is 2.48. The Morgan fingerprint density at radius 3 is 2.30 bits per heavy atom. The van der Waals surface area contributed by atoms with Crippen molar-refractivity contribution < 1.29 is 4.79 Å². The number of alkyl halides is 1. The van der Waals surface area contributed by atoms with Gasteiger partial charge in [-0.15, -0.1) is 11.6 Å². The highest BCUT2D eigenvalue weighted by molar-refractivity contribution is 6.30. The summed E-state index contributed by atoms with van der Waals surface area (Å²) in [5, 5.41) is 3.55. The molecule has 0 spiro atoms. The van der Waals surface area contributed by atoms with Crippen LogP contribution in [0.5, 0.6) is 0 Å². The molecule has 2 nitrogen and oxygen atoms in total. The molecule has 1 amide bonds. The molecule has 0 aromatic heterocycles. The van der Waals surface area contributed by atoms with Crippen molar-refractivity contribution in [3.63, 3.8) is 0 Å². The minimum atomic E-state index is -0.136. The van der Waals surface area contributed by atoms with Crippen LogP contribution in [0, 0.1) is 0 Å². The number of carbonyl (C=O) groups is 1. The summed E-state index contributed by atoms with van der Waals surface area (Å²) in [7, 11) is 0. The zero-order chi connectivity index (χ0) is 14.4. The van der Waals surface area contributed by atoms with Crippen LogP contribution in [0.2, 0.25) is 5.02 Å². The molecule has 0 bridgehead atoms. The fourth-order valence-corrected chi connectivity index (χ4v) is 2.23. The molecule has 0 aliphatic carbocycles. The number of halogens is 2. The van der Waals surface area contributed by atoms with Gasteiger partial charge in [0.2, 0.25) is 0 Å². The lowest BCUT2D eigenvalue weighted by Gasteiger charge is -2.16. The smallest absolute Gasteiger partial charge is 0.251 e. The van der Waals surface area contributed by atoms with E-state index in [4.69, 9.17) is 23.2 Å². The number of benzene rings is 2. The number of hydrogen-bond acceptors (Lipinski definition) is 1. The highest BCUT2D eigenvalue weighted by atomic mass is 35.5. The van der Waals surface area contributed by atoms with E-state index in [1.165, 1.54) is 0 Å². The molecular formula is C16H15Cl2NO. The molecule has 0 fully saturated rings. The molecule has 2 aromatic rings. The summed E-state index contributed by atoms with van der Waals surface area (Å²) in [4.78, 5) is 12.1. The van der Waals surface area contributed by atoms with Crippen LogP contribution in [0.3, 0.4) is 0 Å². The van der Waals surface area contributed by atoms with Gasteiger partial charge in [-0.05, 0) is 36.2 Å². The van der Waals surface area contributed by atoms with E-state index in [1.807, 2.05) is 30.3 Å². The molecule has 0 aliphatic rings. The van der Waals surface area contributed by atoms with Gasteiger partial charge in [0.25, 0.3) is 5.91 Å². The summed E-state index contributed by atoms with van der Waals surface area (Å²) in [6, 6.07) is 16.7. The molecule has 1 N–H and O–H groups in total. The van der Waals surface area contributed by atoms with Gasteiger partial charge < -0.3 is 5.32 Å². The quantitative estimate of drug-likeness (QED) is 0.833. The minimum Gasteiger partial charge on any atom is -0.348 e. The van der Waals surface area contributed by atoms with Crippen LogP contribution in [0.15, 0.2) is 54.6 Å². The van der Waals surface area contributed by atoms with E-state index in [0.717, 1.165) is 5.56 Å². The minimum absolute atomic E-state index is 0.0951. The number of rotatable bonds is 5. The van der Waals surface area contributed by atoms with Gasteiger partial charge in [0.05, 0.1) is 0 Å². The van der Waals surface area contributed by atoms with Crippen molar-refractivity contribution in [3.05, 3.63) is 70.7 Å². The van der Waals surface area contributed by atoms with Crippen LogP contribution in [0.1, 0.15) is 15.9 Å². The van der Waals surface area contributed by atoms with Crippen molar-refractivity contribution in [1.29, 1.82) is 0 Å². The van der Waals surface area contributed by atoms with Gasteiger partial charge in [0.1, 0.15) is 0 Å². The van der Waals surface area contributed by atoms with Crippen LogP contribution >= 0.6 is 23.2 Å². The van der Waals surface area contributed by atoms with Gasteiger partial charge in [-0.1, -0.05) is 41.9 Å². The van der Waals surface area contributed by atoms with Crippen LogP contribution in [0.25, 0.3) is 0 Å². The second kappa shape index (κ2) is 7.32. The maximum Gasteiger partial charge on any atom is 0.251 e. The first-order valence-corrected chi connectivity index (χ1v) is 7.26. The summed E-state index contributed by atoms with van der Waals surface area (Å²) in [6.07, 6.45) is 0.712. The van der Waals surface area contributed by atoms with Crippen molar-refractivity contribution in [3.8, 4) is 0 Å². The highest BCUT2D eigenvalue weighted by Crippen LogP contribution is 2.10. The van der Waals surface area contributed by atoms with Crippen LogP contribution in [-0.4, -0.2) is 17.8 Å². The van der Waals surface area contributed by atoms with Crippen molar-refractivity contribution >= 4 is 29.1 Å². The van der Waals surface area contributed by atoms with Gasteiger partial charge >= 0.3 is 0 Å². The molecule has 0 heterocycles. The average molecular weight is 308 g/mol. The predicted molar refractivity (Wildman–Crippen MR) is 83.6 cm³/mol. The van der Waals surface area contributed by atoms with Gasteiger partial charge in [-0.25, -0.2) is 0 Å². The van der Waals surface area contributed by atoms with E-state index in [9.17, 15) is 4.79 Å². The number of amides is 1. The Kier molecular flexibility index (Phi) is 5.45. The Morgan fingerprint density at radius 1 is 1.05 bits per heavy atom. The van der Waals surface area contributed by atoms with Gasteiger partial charge in [0.15, 0.2) is 0 Å². The lowest BCUT2D eigenvalue weighted by Crippen LogP contribution is -2.37. The molecule has 1 unspecified atom stereocenters. The van der Waals surface area contributed by atoms with Crippen LogP contribution in [0.4, 0.5) is 0 Å². The summed E-state index contributed by atoms with van der Waals surface area (Å²) >= 11 is 11.7. The third kappa shape index (κ3) is 4.26. The molecule has 0 aliphatic heterocycles. The zero-order valence-electron chi connectivity index (χ0n) is 10.9. The lowest BCUT2D eigenvalue weighted by atomic mass is 10.1. The summed E-state index contributed by atoms with van der Waals surface area (Å²) in [5.41, 5.74) is 1.73. The Balaban J connectivity index is 1.99. The predicted octanol–water partition coefficient (Wildman–Crippen LogP) is 3.92. The Morgan fingerprint density at radius 2 is 1.70 bits per heavy atom. The second-order valence-corrected chi connectivity index (χ2v) is 5.27. The van der Waals surface area contributed by atoms with E-state index in [0.29, 0.717) is 22.9 Å². The molecule has 1 atom stereocenters. The van der Waals surface area contributed by atoms with E-state index < -0.39 is 0 Å². The van der Waals surface area contributed by atoms with E-state index in [2.05, 4.69) is 5.32 Å². The molecule has 2 aromatic carbocycles. The van der Waals surface area contributed by atoms with Crippen molar-refractivity contribution in [2.45, 2.75) is 12.5 Å². The first-order valence-electron chi connectivity index (χ1n) is 6.35. The van der Waals surface area contributed by atoms with Crippen LogP contribution < -0.4 is 5.32 Å². The number of hydrogen-bond donors (Lipinski definition) is 1. The zero-order valence-corrected chi connectivity index (χ0v) is 12.4. The monoisotopic (exact) mass is 307 g/mol. The molecule has 0 radical (unpaired) electrons. The normalized spacial score (nSPS) is 11.9. The van der Waals surface area contributed by atoms with Crippen molar-refractivity contribution in [2.75, 3.05) is 5.88 Å².